The lowest BCUT2D eigenvalue weighted by Gasteiger charge is -2.29. The third kappa shape index (κ3) is 11.0. The number of amides is 2. The summed E-state index contributed by atoms with van der Waals surface area (Å²) in [7, 11) is 0. The van der Waals surface area contributed by atoms with Gasteiger partial charge in [-0.15, -0.1) is 0 Å². The summed E-state index contributed by atoms with van der Waals surface area (Å²) in [6.07, 6.45) is 11.4. The number of carbonyl (C=O) groups excluding carboxylic acids is 2. The lowest BCUT2D eigenvalue weighted by molar-refractivity contribution is -0.114. The van der Waals surface area contributed by atoms with Gasteiger partial charge in [0.2, 0.25) is 0 Å². The predicted molar refractivity (Wildman–Crippen MR) is 186 cm³/mol. The highest BCUT2D eigenvalue weighted by molar-refractivity contribution is 5.85. The van der Waals surface area contributed by atoms with Gasteiger partial charge in [-0.3, -0.25) is 15.4 Å². The molecule has 2 amide bonds. The molecule has 0 saturated carbocycles. The number of hydrogen-bond acceptors (Lipinski definition) is 6. The second-order valence-corrected chi connectivity index (χ2v) is 12.4. The van der Waals surface area contributed by atoms with E-state index in [0.29, 0.717) is 38.5 Å². The van der Waals surface area contributed by atoms with Gasteiger partial charge in [0.05, 0.1) is 6.04 Å². The van der Waals surface area contributed by atoms with E-state index >= 15 is 0 Å². The Bertz CT molecular complexity index is 1620. The number of para-hydroxylation sites is 2. The molecule has 0 aliphatic heterocycles. The number of aromatic nitrogens is 2. The number of rotatable bonds is 23. The van der Waals surface area contributed by atoms with Crippen molar-refractivity contribution in [1.29, 1.82) is 0 Å². The Balaban J connectivity index is 1.12. The zero-order chi connectivity index (χ0) is 34.2. The van der Waals surface area contributed by atoms with Crippen LogP contribution >= 0.6 is 0 Å². The van der Waals surface area contributed by atoms with Crippen LogP contribution in [0.5, 0.6) is 0 Å². The van der Waals surface area contributed by atoms with E-state index in [1.807, 2.05) is 48.7 Å². The average Bonchev–Trinajstić information content (AvgIpc) is 3.68. The number of fused-ring (bicyclic) bond motifs is 2. The Morgan fingerprint density at radius 1 is 0.750 bits per heavy atom. The van der Waals surface area contributed by atoms with Gasteiger partial charge in [-0.05, 0) is 68.5 Å². The van der Waals surface area contributed by atoms with Crippen molar-refractivity contribution in [3.8, 4) is 0 Å². The second kappa shape index (κ2) is 18.6. The molecule has 2 aromatic carbocycles. The fraction of sp³-hybridized carbons (Fsp3) is 0.444. The van der Waals surface area contributed by atoms with Gasteiger partial charge in [-0.1, -0.05) is 68.5 Å². The molecule has 0 aliphatic carbocycles. The van der Waals surface area contributed by atoms with E-state index in [2.05, 4.69) is 37.3 Å². The Labute approximate surface area is 280 Å². The molecule has 48 heavy (non-hydrogen) atoms. The van der Waals surface area contributed by atoms with Gasteiger partial charge >= 0.3 is 12.2 Å². The number of unbranched alkanes of at least 4 members (excludes halogenated alkanes) is 5. The number of hydrogen-bond donors (Lipinski definition) is 8. The molecule has 0 saturated heterocycles. The topological polar surface area (TPSA) is 188 Å². The molecule has 12 nitrogen and oxygen atoms in total. The fourth-order valence-electron chi connectivity index (χ4n) is 6.36. The van der Waals surface area contributed by atoms with Gasteiger partial charge in [-0.25, -0.2) is 9.59 Å². The first-order valence-corrected chi connectivity index (χ1v) is 16.8. The van der Waals surface area contributed by atoms with Crippen molar-refractivity contribution < 1.29 is 29.4 Å². The van der Waals surface area contributed by atoms with Crippen LogP contribution in [0.25, 0.3) is 21.8 Å². The molecule has 258 valence electrons. The highest BCUT2D eigenvalue weighted by Crippen LogP contribution is 2.22. The fourth-order valence-corrected chi connectivity index (χ4v) is 6.36. The van der Waals surface area contributed by atoms with Crippen molar-refractivity contribution in [3.63, 3.8) is 0 Å². The minimum atomic E-state index is -1.49. The molecule has 0 fully saturated rings. The van der Waals surface area contributed by atoms with E-state index < -0.39 is 17.8 Å². The minimum absolute atomic E-state index is 0.134. The van der Waals surface area contributed by atoms with Crippen LogP contribution in [0.3, 0.4) is 0 Å². The van der Waals surface area contributed by atoms with Crippen molar-refractivity contribution in [3.05, 3.63) is 72.1 Å². The Kier molecular flexibility index (Phi) is 14.0. The van der Waals surface area contributed by atoms with E-state index in [1.165, 1.54) is 0 Å². The maximum absolute atomic E-state index is 12.2. The summed E-state index contributed by atoms with van der Waals surface area (Å²) < 4.78 is 0. The molecular formula is C36H48N6O6. The smallest absolute Gasteiger partial charge is 0.406 e. The molecule has 12 heteroatoms. The maximum atomic E-state index is 12.2. The van der Waals surface area contributed by atoms with E-state index in [4.69, 9.17) is 0 Å². The highest BCUT2D eigenvalue weighted by Gasteiger charge is 2.32. The largest absolute Gasteiger partial charge is 0.465 e. The Morgan fingerprint density at radius 2 is 1.33 bits per heavy atom. The van der Waals surface area contributed by atoms with Crippen LogP contribution < -0.4 is 21.3 Å². The van der Waals surface area contributed by atoms with Gasteiger partial charge in [0.1, 0.15) is 6.29 Å². The summed E-state index contributed by atoms with van der Waals surface area (Å²) in [6.45, 7) is 1.14. The standard InChI is InChI=1S/C36H48N6O6/c43-24-29(20-26-22-38-32-16-7-5-14-30(26)32)37-18-10-3-1-2-4-12-28(41-34(45)46)13-9-11-19-40-36(25-44,42-35(47)48)21-27-23-39-33-17-8-6-15-31(27)33/h5-8,14-17,22-25,28-29,37-42H,1-4,9-13,18-21H2,(H,45,46)(H,47,48)/t28?,29?,36-/m1/s1. The van der Waals surface area contributed by atoms with E-state index in [9.17, 15) is 29.4 Å². The first-order valence-electron chi connectivity index (χ1n) is 16.8. The van der Waals surface area contributed by atoms with E-state index in [1.54, 1.807) is 6.20 Å². The molecule has 0 radical (unpaired) electrons. The van der Waals surface area contributed by atoms with Crippen molar-refractivity contribution in [1.82, 2.24) is 31.2 Å². The summed E-state index contributed by atoms with van der Waals surface area (Å²) in [6, 6.07) is 15.3. The summed E-state index contributed by atoms with van der Waals surface area (Å²) in [5.41, 5.74) is 2.42. The number of carboxylic acid groups (broad SMARTS) is 2. The molecule has 3 atom stereocenters. The summed E-state index contributed by atoms with van der Waals surface area (Å²) >= 11 is 0. The van der Waals surface area contributed by atoms with E-state index in [0.717, 1.165) is 84.3 Å². The lowest BCUT2D eigenvalue weighted by Crippen LogP contribution is -2.61. The van der Waals surface area contributed by atoms with Crippen LogP contribution in [0.1, 0.15) is 68.9 Å². The maximum Gasteiger partial charge on any atom is 0.406 e. The lowest BCUT2D eigenvalue weighted by atomic mass is 9.99. The molecule has 8 N–H and O–H groups in total. The van der Waals surface area contributed by atoms with Crippen LogP contribution in [0.15, 0.2) is 60.9 Å². The molecule has 0 aliphatic rings. The van der Waals surface area contributed by atoms with Crippen molar-refractivity contribution >= 4 is 46.6 Å². The normalized spacial score (nSPS) is 13.9. The number of aromatic amines is 2. The van der Waals surface area contributed by atoms with Crippen LogP contribution in [0.4, 0.5) is 9.59 Å². The Morgan fingerprint density at radius 3 is 1.98 bits per heavy atom. The molecule has 4 rings (SSSR count). The average molecular weight is 661 g/mol. The molecular weight excluding hydrogens is 612 g/mol. The Hall–Kier alpha value is -4.68. The highest BCUT2D eigenvalue weighted by atomic mass is 16.4. The summed E-state index contributed by atoms with van der Waals surface area (Å²) in [5, 5.41) is 32.3. The summed E-state index contributed by atoms with van der Waals surface area (Å²) in [5.74, 6) is 0. The first-order chi connectivity index (χ1) is 23.3. The molecule has 0 spiro atoms. The number of H-pyrrole nitrogens is 2. The van der Waals surface area contributed by atoms with Crippen molar-refractivity contribution in [2.24, 2.45) is 0 Å². The van der Waals surface area contributed by atoms with Crippen LogP contribution in [0, 0.1) is 0 Å². The SMILES string of the molecule is O=CC(Cc1c[nH]c2ccccc12)NCCCCCCCC(CCCCN[C@](C=O)(Cc1c[nH]c2ccccc12)NC(=O)O)NC(=O)O. The second-order valence-electron chi connectivity index (χ2n) is 12.4. The van der Waals surface area contributed by atoms with Gasteiger partial charge in [0.25, 0.3) is 0 Å². The molecule has 2 heterocycles. The summed E-state index contributed by atoms with van der Waals surface area (Å²) in [4.78, 5) is 53.2. The zero-order valence-electron chi connectivity index (χ0n) is 27.3. The number of aldehydes is 2. The minimum Gasteiger partial charge on any atom is -0.465 e. The number of carbonyl (C=O) groups is 4. The van der Waals surface area contributed by atoms with Crippen LogP contribution in [0.2, 0.25) is 0 Å². The molecule has 0 bridgehead atoms. The van der Waals surface area contributed by atoms with Crippen molar-refractivity contribution in [2.45, 2.75) is 88.4 Å². The van der Waals surface area contributed by atoms with Gasteiger partial charge in [-0.2, -0.15) is 0 Å². The predicted octanol–water partition coefficient (Wildman–Crippen LogP) is 5.49. The van der Waals surface area contributed by atoms with Gasteiger partial charge < -0.3 is 35.6 Å². The van der Waals surface area contributed by atoms with Crippen LogP contribution in [-0.2, 0) is 22.4 Å². The first kappa shape index (κ1) is 36.2. The number of benzene rings is 2. The molecule has 2 aromatic heterocycles. The van der Waals surface area contributed by atoms with E-state index in [-0.39, 0.29) is 18.5 Å². The van der Waals surface area contributed by atoms with Gasteiger partial charge in [0.15, 0.2) is 11.9 Å². The number of nitrogens with one attached hydrogen (secondary N) is 6. The monoisotopic (exact) mass is 660 g/mol. The van der Waals surface area contributed by atoms with Crippen molar-refractivity contribution in [2.75, 3.05) is 13.1 Å². The third-order valence-corrected chi connectivity index (χ3v) is 8.84. The zero-order valence-corrected chi connectivity index (χ0v) is 27.3. The molecule has 4 aromatic rings. The quantitative estimate of drug-likeness (QED) is 0.0291. The van der Waals surface area contributed by atoms with Gasteiger partial charge in [0, 0.05) is 46.7 Å². The molecule has 2 unspecified atom stereocenters. The third-order valence-electron chi connectivity index (χ3n) is 8.84. The van der Waals surface area contributed by atoms with Crippen LogP contribution in [-0.4, -0.2) is 75.8 Å².